The van der Waals surface area contributed by atoms with Gasteiger partial charge in [-0.25, -0.2) is 0 Å². The average molecular weight is 241 g/mol. The third kappa shape index (κ3) is 2.10. The fourth-order valence-electron chi connectivity index (χ4n) is 1.76. The molecule has 0 saturated carbocycles. The maximum Gasteiger partial charge on any atom is 0.0496 e. The van der Waals surface area contributed by atoms with Crippen molar-refractivity contribution in [2.24, 2.45) is 0 Å². The lowest BCUT2D eigenvalue weighted by Gasteiger charge is -2.21. The molecule has 0 radical (unpaired) electrons. The summed E-state index contributed by atoms with van der Waals surface area (Å²) < 4.78 is 0. The minimum atomic E-state index is -0.737. The van der Waals surface area contributed by atoms with Crippen molar-refractivity contribution >= 4 is 49.3 Å². The number of fused-ring (bicyclic) bond motifs is 1. The van der Waals surface area contributed by atoms with Crippen LogP contribution in [-0.4, -0.2) is 18.6 Å². The zero-order chi connectivity index (χ0) is 7.90. The van der Waals surface area contributed by atoms with E-state index in [0.29, 0.717) is 0 Å². The molecule has 2 saturated heterocycles. The zero-order valence-corrected chi connectivity index (χ0v) is 11.0. The Morgan fingerprint density at radius 3 is 1.91 bits per heavy atom. The predicted molar refractivity (Wildman–Crippen MR) is 65.0 cm³/mol. The van der Waals surface area contributed by atoms with Gasteiger partial charge < -0.3 is 0 Å². The molecule has 0 nitrogen and oxygen atoms in total. The molecule has 2 aliphatic heterocycles. The van der Waals surface area contributed by atoms with Crippen LogP contribution in [0.1, 0.15) is 0 Å². The zero-order valence-electron chi connectivity index (χ0n) is 6.70. The van der Waals surface area contributed by atoms with Gasteiger partial charge in [0.1, 0.15) is 0 Å². The predicted octanol–water partition coefficient (Wildman–Crippen LogP) is 4.14. The smallest absolute Gasteiger partial charge is 0.0496 e. The molecule has 0 N–H and O–H groups in total. The second kappa shape index (κ2) is 3.40. The van der Waals surface area contributed by atoms with E-state index in [4.69, 9.17) is 0 Å². The summed E-state index contributed by atoms with van der Waals surface area (Å²) in [6.45, 7) is 5.09. The molecule has 0 spiro atoms. The lowest BCUT2D eigenvalue weighted by Crippen LogP contribution is -2.20. The summed E-state index contributed by atoms with van der Waals surface area (Å²) in [4.78, 5) is 0. The number of hydrogen-bond donors (Lipinski definition) is 0. The van der Waals surface area contributed by atoms with Crippen LogP contribution in [0, 0.1) is 0 Å². The molecule has 64 valence electrons. The highest BCUT2D eigenvalue weighted by Gasteiger charge is 2.43. The second-order valence-electron chi connectivity index (χ2n) is 3.98. The average Bonchev–Trinajstić information content (AvgIpc) is 2.21. The van der Waals surface area contributed by atoms with Crippen LogP contribution in [0.4, 0.5) is 0 Å². The lowest BCUT2D eigenvalue weighted by molar-refractivity contribution is 0.989. The molecule has 2 heterocycles. The Hall–Kier alpha value is 1.62. The first-order valence-corrected chi connectivity index (χ1v) is 12.2. The molecule has 0 bridgehead atoms. The molecule has 2 rings (SSSR count). The second-order valence-corrected chi connectivity index (χ2v) is 15.4. The van der Waals surface area contributed by atoms with Crippen LogP contribution < -0.4 is 0 Å². The lowest BCUT2D eigenvalue weighted by atomic mass is 10.4. The Morgan fingerprint density at radius 1 is 1.00 bits per heavy atom. The summed E-state index contributed by atoms with van der Waals surface area (Å²) in [5.74, 6) is 0. The van der Waals surface area contributed by atoms with Gasteiger partial charge in [0.15, 0.2) is 0 Å². The van der Waals surface area contributed by atoms with Crippen molar-refractivity contribution in [3.8, 4) is 0 Å². The van der Waals surface area contributed by atoms with Gasteiger partial charge in [-0.3, -0.25) is 0 Å². The Kier molecular flexibility index (Phi) is 2.84. The van der Waals surface area contributed by atoms with E-state index in [2.05, 4.69) is 34.7 Å². The monoisotopic (exact) mass is 240 g/mol. The summed E-state index contributed by atoms with van der Waals surface area (Å²) in [7, 11) is 7.50. The van der Waals surface area contributed by atoms with Crippen molar-refractivity contribution in [3.63, 3.8) is 0 Å². The number of hydrogen-bond acceptors (Lipinski definition) is 4. The Labute approximate surface area is 84.6 Å². The molecule has 0 aliphatic carbocycles. The van der Waals surface area contributed by atoms with Crippen molar-refractivity contribution in [1.29, 1.82) is 0 Å². The van der Waals surface area contributed by atoms with Gasteiger partial charge >= 0.3 is 0 Å². The summed E-state index contributed by atoms with van der Waals surface area (Å²) >= 11 is 0. The van der Waals surface area contributed by atoms with Gasteiger partial charge in [-0.1, -0.05) is 34.7 Å². The maximum absolute atomic E-state index is 2.54. The molecule has 0 aromatic rings. The van der Waals surface area contributed by atoms with Crippen molar-refractivity contribution in [2.75, 3.05) is 0 Å². The van der Waals surface area contributed by atoms with Crippen molar-refractivity contribution < 1.29 is 0 Å². The molecule has 0 aromatic carbocycles. The van der Waals surface area contributed by atoms with E-state index in [1.54, 1.807) is 12.1 Å². The van der Waals surface area contributed by atoms with Gasteiger partial charge in [0.05, 0.1) is 0 Å². The van der Waals surface area contributed by atoms with Gasteiger partial charge in [0.25, 0.3) is 0 Å². The van der Waals surface area contributed by atoms with Crippen molar-refractivity contribution in [1.82, 2.24) is 0 Å². The van der Waals surface area contributed by atoms with Gasteiger partial charge in [0, 0.05) is 18.6 Å². The SMILES string of the molecule is C[Si]1(C)CC2SSSSC2C1. The molecule has 11 heavy (non-hydrogen) atoms. The van der Waals surface area contributed by atoms with Crippen LogP contribution >= 0.6 is 41.2 Å². The van der Waals surface area contributed by atoms with E-state index in [1.807, 2.05) is 19.7 Å². The number of rotatable bonds is 0. The van der Waals surface area contributed by atoms with Crippen LogP contribution in [0.15, 0.2) is 0 Å². The minimum absolute atomic E-state index is 0.737. The molecule has 2 atom stereocenters. The highest BCUT2D eigenvalue weighted by molar-refractivity contribution is 9.27. The summed E-state index contributed by atoms with van der Waals surface area (Å²) in [6, 6.07) is 3.12. The third-order valence-corrected chi connectivity index (χ3v) is 13.4. The quantitative estimate of drug-likeness (QED) is 0.461. The van der Waals surface area contributed by atoms with Crippen molar-refractivity contribution in [3.05, 3.63) is 0 Å². The first kappa shape index (κ1) is 9.18. The van der Waals surface area contributed by atoms with Gasteiger partial charge in [-0.2, -0.15) is 0 Å². The van der Waals surface area contributed by atoms with Crippen LogP contribution in [0.2, 0.25) is 25.2 Å². The fraction of sp³-hybridized carbons (Fsp3) is 1.00. The van der Waals surface area contributed by atoms with E-state index in [1.165, 1.54) is 0 Å². The highest BCUT2D eigenvalue weighted by Crippen LogP contribution is 2.60. The van der Waals surface area contributed by atoms with Gasteiger partial charge in [-0.05, 0) is 31.7 Å². The molecule has 5 heteroatoms. The van der Waals surface area contributed by atoms with Crippen LogP contribution in [0.25, 0.3) is 0 Å². The highest BCUT2D eigenvalue weighted by atomic mass is 33.7. The van der Waals surface area contributed by atoms with Crippen molar-refractivity contribution in [2.45, 2.75) is 35.7 Å². The molecular formula is C6H12S4Si. The standard InChI is InChI=1S/C6H12S4Si/c1-11(2)3-5-6(4-11)8-10-9-7-5/h5-6H,3-4H2,1-2H3. The van der Waals surface area contributed by atoms with E-state index >= 15 is 0 Å². The van der Waals surface area contributed by atoms with E-state index in [0.717, 1.165) is 10.5 Å². The normalized spacial score (nSPS) is 42.0. The van der Waals surface area contributed by atoms with E-state index in [9.17, 15) is 0 Å². The summed E-state index contributed by atoms with van der Waals surface area (Å²) in [6.07, 6.45) is 0. The van der Waals surface area contributed by atoms with E-state index < -0.39 is 8.07 Å². The van der Waals surface area contributed by atoms with Gasteiger partial charge in [0.2, 0.25) is 0 Å². The fourth-order valence-corrected chi connectivity index (χ4v) is 16.7. The first-order valence-electron chi connectivity index (χ1n) is 3.83. The molecule has 2 unspecified atom stereocenters. The Morgan fingerprint density at radius 2 is 1.45 bits per heavy atom. The third-order valence-electron chi connectivity index (χ3n) is 2.28. The summed E-state index contributed by atoms with van der Waals surface area (Å²) in [5, 5.41) is 1.99. The molecule has 2 aliphatic rings. The topological polar surface area (TPSA) is 0 Å². The first-order chi connectivity index (χ1) is 5.17. The summed E-state index contributed by atoms with van der Waals surface area (Å²) in [5.41, 5.74) is 0. The molecular weight excluding hydrogens is 228 g/mol. The van der Waals surface area contributed by atoms with Gasteiger partial charge in [-0.15, -0.1) is 0 Å². The van der Waals surface area contributed by atoms with E-state index in [-0.39, 0.29) is 0 Å². The van der Waals surface area contributed by atoms with Crippen LogP contribution in [0.5, 0.6) is 0 Å². The largest absolute Gasteiger partial charge is 0.0774 e. The van der Waals surface area contributed by atoms with Crippen LogP contribution in [-0.2, 0) is 0 Å². The molecule has 0 amide bonds. The Bertz CT molecular complexity index is 145. The molecule has 0 aromatic heterocycles. The van der Waals surface area contributed by atoms with Crippen LogP contribution in [0.3, 0.4) is 0 Å². The minimum Gasteiger partial charge on any atom is -0.0774 e. The maximum atomic E-state index is 2.54. The molecule has 2 fully saturated rings. The Balaban J connectivity index is 2.03.